The molecule has 1 aromatic carbocycles. The predicted octanol–water partition coefficient (Wildman–Crippen LogP) is 4.87. The van der Waals surface area contributed by atoms with Crippen LogP contribution in [0.25, 0.3) is 0 Å². The zero-order valence-corrected chi connectivity index (χ0v) is 13.6. The van der Waals surface area contributed by atoms with E-state index in [1.807, 2.05) is 13.0 Å². The van der Waals surface area contributed by atoms with Gasteiger partial charge < -0.3 is 5.32 Å². The number of benzene rings is 1. The fourth-order valence-corrected chi connectivity index (χ4v) is 2.87. The van der Waals surface area contributed by atoms with Gasteiger partial charge in [-0.25, -0.2) is 4.39 Å². The molecule has 0 aliphatic carbocycles. The molecule has 0 bridgehead atoms. The smallest absolute Gasteiger partial charge is 0.123 e. The maximum atomic E-state index is 13.3. The summed E-state index contributed by atoms with van der Waals surface area (Å²) in [5.74, 6) is -0.131. The quantitative estimate of drug-likeness (QED) is 0.680. The molecule has 1 unspecified atom stereocenters. The van der Waals surface area contributed by atoms with E-state index in [1.54, 1.807) is 12.1 Å². The van der Waals surface area contributed by atoms with Gasteiger partial charge in [-0.15, -0.1) is 0 Å². The number of rotatable bonds is 9. The molecular weight excluding hydrogens is 249 g/mol. The molecule has 0 radical (unpaired) electrons. The second kappa shape index (κ2) is 8.41. The topological polar surface area (TPSA) is 12.0 Å². The lowest BCUT2D eigenvalue weighted by Gasteiger charge is -2.34. The Morgan fingerprint density at radius 1 is 1.20 bits per heavy atom. The van der Waals surface area contributed by atoms with Crippen molar-refractivity contribution in [3.8, 4) is 0 Å². The van der Waals surface area contributed by atoms with E-state index in [1.165, 1.54) is 24.8 Å². The maximum absolute atomic E-state index is 13.3. The van der Waals surface area contributed by atoms with Crippen LogP contribution in [0.3, 0.4) is 0 Å². The molecule has 0 aliphatic rings. The molecule has 0 heterocycles. The van der Waals surface area contributed by atoms with Gasteiger partial charge in [0.25, 0.3) is 0 Å². The Balaban J connectivity index is 2.90. The molecule has 0 spiro atoms. The van der Waals surface area contributed by atoms with E-state index >= 15 is 0 Å². The van der Waals surface area contributed by atoms with Crippen LogP contribution in [0.1, 0.15) is 57.6 Å². The molecule has 0 aliphatic heterocycles. The molecule has 114 valence electrons. The highest BCUT2D eigenvalue weighted by atomic mass is 19.1. The summed E-state index contributed by atoms with van der Waals surface area (Å²) < 4.78 is 13.3. The van der Waals surface area contributed by atoms with E-state index in [-0.39, 0.29) is 5.82 Å². The van der Waals surface area contributed by atoms with Crippen molar-refractivity contribution in [3.05, 3.63) is 35.1 Å². The molecule has 0 saturated heterocycles. The first-order chi connectivity index (χ1) is 9.56. The van der Waals surface area contributed by atoms with E-state index in [0.29, 0.717) is 5.41 Å². The monoisotopic (exact) mass is 279 g/mol. The summed E-state index contributed by atoms with van der Waals surface area (Å²) in [6.45, 7) is 10.8. The Labute approximate surface area is 124 Å². The van der Waals surface area contributed by atoms with Crippen LogP contribution in [0.5, 0.6) is 0 Å². The lowest BCUT2D eigenvalue weighted by atomic mass is 9.74. The SMILES string of the molecule is CCCCC(CC)(CNCC)Cc1ccc(F)cc1C. The van der Waals surface area contributed by atoms with Gasteiger partial charge in [0.15, 0.2) is 0 Å². The molecule has 2 heteroatoms. The van der Waals surface area contributed by atoms with Crippen LogP contribution in [0, 0.1) is 18.2 Å². The highest BCUT2D eigenvalue weighted by Crippen LogP contribution is 2.33. The Kier molecular flexibility index (Phi) is 7.22. The molecule has 0 amide bonds. The molecule has 0 fully saturated rings. The minimum atomic E-state index is -0.131. The molecule has 0 saturated carbocycles. The van der Waals surface area contributed by atoms with Crippen LogP contribution in [-0.2, 0) is 6.42 Å². The maximum Gasteiger partial charge on any atom is 0.123 e. The summed E-state index contributed by atoms with van der Waals surface area (Å²) in [4.78, 5) is 0. The van der Waals surface area contributed by atoms with Gasteiger partial charge in [-0.1, -0.05) is 39.7 Å². The van der Waals surface area contributed by atoms with E-state index in [0.717, 1.165) is 31.5 Å². The number of hydrogen-bond acceptors (Lipinski definition) is 1. The molecule has 1 nitrogen and oxygen atoms in total. The first-order valence-corrected chi connectivity index (χ1v) is 8.02. The summed E-state index contributed by atoms with van der Waals surface area (Å²) in [5, 5.41) is 3.53. The Hall–Kier alpha value is -0.890. The van der Waals surface area contributed by atoms with Gasteiger partial charge in [0, 0.05) is 6.54 Å². The summed E-state index contributed by atoms with van der Waals surface area (Å²) >= 11 is 0. The van der Waals surface area contributed by atoms with Gasteiger partial charge in [0.1, 0.15) is 5.82 Å². The van der Waals surface area contributed by atoms with Crippen molar-refractivity contribution in [1.29, 1.82) is 0 Å². The van der Waals surface area contributed by atoms with Crippen LogP contribution in [0.15, 0.2) is 18.2 Å². The molecular formula is C18H30FN. The third-order valence-electron chi connectivity index (χ3n) is 4.43. The average Bonchev–Trinajstić information content (AvgIpc) is 2.45. The summed E-state index contributed by atoms with van der Waals surface area (Å²) in [5.41, 5.74) is 2.67. The highest BCUT2D eigenvalue weighted by Gasteiger charge is 2.28. The number of aryl methyl sites for hydroxylation is 1. The van der Waals surface area contributed by atoms with Crippen molar-refractivity contribution >= 4 is 0 Å². The molecule has 20 heavy (non-hydrogen) atoms. The normalized spacial score (nSPS) is 14.2. The number of nitrogens with one attached hydrogen (secondary N) is 1. The summed E-state index contributed by atoms with van der Waals surface area (Å²) in [6, 6.07) is 5.21. The first-order valence-electron chi connectivity index (χ1n) is 8.02. The van der Waals surface area contributed by atoms with Crippen molar-refractivity contribution < 1.29 is 4.39 Å². The van der Waals surface area contributed by atoms with Crippen molar-refractivity contribution in [2.75, 3.05) is 13.1 Å². The Morgan fingerprint density at radius 2 is 1.95 bits per heavy atom. The average molecular weight is 279 g/mol. The number of hydrogen-bond donors (Lipinski definition) is 1. The number of unbranched alkanes of at least 4 members (excludes halogenated alkanes) is 1. The van der Waals surface area contributed by atoms with Crippen LogP contribution in [-0.4, -0.2) is 13.1 Å². The van der Waals surface area contributed by atoms with Gasteiger partial charge in [-0.05, 0) is 61.4 Å². The second-order valence-electron chi connectivity index (χ2n) is 5.99. The van der Waals surface area contributed by atoms with E-state index in [9.17, 15) is 4.39 Å². The van der Waals surface area contributed by atoms with E-state index < -0.39 is 0 Å². The van der Waals surface area contributed by atoms with Crippen molar-refractivity contribution in [1.82, 2.24) is 5.32 Å². The van der Waals surface area contributed by atoms with Gasteiger partial charge in [0.05, 0.1) is 0 Å². The van der Waals surface area contributed by atoms with Crippen LogP contribution in [0.2, 0.25) is 0 Å². The van der Waals surface area contributed by atoms with Crippen molar-refractivity contribution in [2.45, 2.75) is 59.8 Å². The Bertz CT molecular complexity index is 392. The van der Waals surface area contributed by atoms with E-state index in [4.69, 9.17) is 0 Å². The van der Waals surface area contributed by atoms with Gasteiger partial charge >= 0.3 is 0 Å². The third-order valence-corrected chi connectivity index (χ3v) is 4.43. The highest BCUT2D eigenvalue weighted by molar-refractivity contribution is 5.27. The number of halogens is 1. The standard InChI is InChI=1S/C18H30FN/c1-5-8-11-18(6-2,14-20-7-3)13-16-9-10-17(19)12-15(16)4/h9-10,12,20H,5-8,11,13-14H2,1-4H3. The summed E-state index contributed by atoms with van der Waals surface area (Å²) in [7, 11) is 0. The van der Waals surface area contributed by atoms with Gasteiger partial charge in [0.2, 0.25) is 0 Å². The lowest BCUT2D eigenvalue weighted by Crippen LogP contribution is -2.36. The minimum Gasteiger partial charge on any atom is -0.316 e. The molecule has 1 atom stereocenters. The lowest BCUT2D eigenvalue weighted by molar-refractivity contribution is 0.230. The minimum absolute atomic E-state index is 0.131. The van der Waals surface area contributed by atoms with Gasteiger partial charge in [-0.3, -0.25) is 0 Å². The molecule has 1 rings (SSSR count). The zero-order chi connectivity index (χ0) is 15.0. The van der Waals surface area contributed by atoms with Crippen molar-refractivity contribution in [2.24, 2.45) is 5.41 Å². The van der Waals surface area contributed by atoms with Crippen LogP contribution >= 0.6 is 0 Å². The predicted molar refractivity (Wildman–Crippen MR) is 85.6 cm³/mol. The van der Waals surface area contributed by atoms with Gasteiger partial charge in [-0.2, -0.15) is 0 Å². The molecule has 1 N–H and O–H groups in total. The van der Waals surface area contributed by atoms with Crippen LogP contribution in [0.4, 0.5) is 4.39 Å². The van der Waals surface area contributed by atoms with E-state index in [2.05, 4.69) is 26.1 Å². The Morgan fingerprint density at radius 3 is 2.50 bits per heavy atom. The fourth-order valence-electron chi connectivity index (χ4n) is 2.87. The molecule has 1 aromatic rings. The van der Waals surface area contributed by atoms with Crippen molar-refractivity contribution in [3.63, 3.8) is 0 Å². The fraction of sp³-hybridized carbons (Fsp3) is 0.667. The second-order valence-corrected chi connectivity index (χ2v) is 5.99. The first kappa shape index (κ1) is 17.2. The molecule has 0 aromatic heterocycles. The summed E-state index contributed by atoms with van der Waals surface area (Å²) in [6.07, 6.45) is 5.94. The largest absolute Gasteiger partial charge is 0.316 e. The van der Waals surface area contributed by atoms with Crippen LogP contribution < -0.4 is 5.32 Å². The third kappa shape index (κ3) is 4.90. The zero-order valence-electron chi connectivity index (χ0n) is 13.6.